The molecule has 0 aliphatic heterocycles. The van der Waals surface area contributed by atoms with Gasteiger partial charge in [-0.15, -0.1) is 0 Å². The van der Waals surface area contributed by atoms with E-state index in [-0.39, 0.29) is 11.3 Å². The number of thiol groups is 1. The number of hydrogen-bond acceptors (Lipinski definition) is 3. The Morgan fingerprint density at radius 2 is 2.06 bits per heavy atom. The van der Waals surface area contributed by atoms with Crippen molar-refractivity contribution in [3.63, 3.8) is 0 Å². The highest BCUT2D eigenvalue weighted by atomic mass is 32.1. The molecular weight excluding hydrogens is 244 g/mol. The molecule has 0 atom stereocenters. The summed E-state index contributed by atoms with van der Waals surface area (Å²) in [4.78, 5) is 14.2. The molecule has 0 spiro atoms. The highest BCUT2D eigenvalue weighted by molar-refractivity contribution is 7.80. The van der Waals surface area contributed by atoms with Gasteiger partial charge in [-0.25, -0.2) is 0 Å². The molecule has 104 valence electrons. The molecule has 4 heteroatoms. The first-order chi connectivity index (χ1) is 8.65. The molecular formula is C14H26N2OS. The van der Waals surface area contributed by atoms with Gasteiger partial charge in [-0.1, -0.05) is 12.8 Å². The number of nitrogens with zero attached hydrogens (tertiary/aromatic N) is 1. The zero-order valence-electron chi connectivity index (χ0n) is 11.5. The fourth-order valence-electron chi connectivity index (χ4n) is 2.87. The molecule has 0 heterocycles. The second-order valence-electron chi connectivity index (χ2n) is 6.10. The minimum atomic E-state index is 0.210. The highest BCUT2D eigenvalue weighted by Crippen LogP contribution is 2.49. The zero-order valence-corrected chi connectivity index (χ0v) is 12.3. The number of carbonyl (C=O) groups is 1. The maximum Gasteiger partial charge on any atom is 0.220 e. The van der Waals surface area contributed by atoms with E-state index >= 15 is 0 Å². The molecule has 0 aromatic carbocycles. The van der Waals surface area contributed by atoms with Crippen LogP contribution in [0.4, 0.5) is 0 Å². The third kappa shape index (κ3) is 3.89. The molecule has 2 aliphatic rings. The van der Waals surface area contributed by atoms with Crippen LogP contribution in [0.25, 0.3) is 0 Å². The number of likely N-dealkylation sites (N-methyl/N-ethyl adjacent to an activating group) is 1. The lowest BCUT2D eigenvalue weighted by atomic mass is 10.1. The van der Waals surface area contributed by atoms with Gasteiger partial charge in [-0.2, -0.15) is 12.6 Å². The van der Waals surface area contributed by atoms with Crippen LogP contribution in [0.2, 0.25) is 0 Å². The van der Waals surface area contributed by atoms with Crippen molar-refractivity contribution >= 4 is 18.5 Å². The summed E-state index contributed by atoms with van der Waals surface area (Å²) in [5.41, 5.74) is 0.241. The smallest absolute Gasteiger partial charge is 0.220 e. The number of carbonyl (C=O) groups excluding carboxylic acids is 1. The van der Waals surface area contributed by atoms with Crippen molar-refractivity contribution in [2.75, 3.05) is 25.9 Å². The molecule has 0 saturated heterocycles. The molecule has 0 aromatic rings. The summed E-state index contributed by atoms with van der Waals surface area (Å²) in [6.45, 7) is 1.76. The molecule has 0 radical (unpaired) electrons. The molecule has 2 rings (SSSR count). The summed E-state index contributed by atoms with van der Waals surface area (Å²) < 4.78 is 0. The van der Waals surface area contributed by atoms with E-state index in [1.54, 1.807) is 0 Å². The predicted molar refractivity (Wildman–Crippen MR) is 78.0 cm³/mol. The zero-order chi connectivity index (χ0) is 13.0. The third-order valence-corrected chi connectivity index (χ3v) is 5.23. The molecule has 0 bridgehead atoms. The van der Waals surface area contributed by atoms with Crippen molar-refractivity contribution in [2.45, 2.75) is 51.0 Å². The fourth-order valence-corrected chi connectivity index (χ4v) is 3.30. The van der Waals surface area contributed by atoms with E-state index in [1.165, 1.54) is 38.5 Å². The largest absolute Gasteiger partial charge is 0.355 e. The van der Waals surface area contributed by atoms with Crippen LogP contribution in [0.1, 0.15) is 44.9 Å². The van der Waals surface area contributed by atoms with E-state index < -0.39 is 0 Å². The number of hydrogen-bond donors (Lipinski definition) is 2. The predicted octanol–water partition coefficient (Wildman–Crippen LogP) is 2.08. The van der Waals surface area contributed by atoms with Gasteiger partial charge in [0.05, 0.1) is 0 Å². The van der Waals surface area contributed by atoms with Gasteiger partial charge in [-0.3, -0.25) is 4.79 Å². The SMILES string of the molecule is CN(CCNC(=O)CC1(CS)CC1)C1CCCC1. The Morgan fingerprint density at radius 1 is 1.39 bits per heavy atom. The number of amides is 1. The molecule has 3 nitrogen and oxygen atoms in total. The van der Waals surface area contributed by atoms with Crippen molar-refractivity contribution in [2.24, 2.45) is 5.41 Å². The maximum atomic E-state index is 11.8. The summed E-state index contributed by atoms with van der Waals surface area (Å²) in [6.07, 6.45) is 8.40. The van der Waals surface area contributed by atoms with Crippen LogP contribution in [-0.2, 0) is 4.79 Å². The third-order valence-electron chi connectivity index (χ3n) is 4.56. The van der Waals surface area contributed by atoms with E-state index in [0.717, 1.165) is 24.9 Å². The standard InChI is InChI=1S/C14H26N2OS/c1-16(12-4-2-3-5-12)9-8-15-13(17)10-14(11-18)6-7-14/h12,18H,2-11H2,1H3,(H,15,17). The van der Waals surface area contributed by atoms with Gasteiger partial charge in [-0.05, 0) is 43.9 Å². The second kappa shape index (κ2) is 6.29. The van der Waals surface area contributed by atoms with Gasteiger partial charge in [0.25, 0.3) is 0 Å². The average molecular weight is 270 g/mol. The van der Waals surface area contributed by atoms with Crippen LogP contribution in [0.5, 0.6) is 0 Å². The summed E-state index contributed by atoms with van der Waals surface area (Å²) >= 11 is 4.33. The van der Waals surface area contributed by atoms with Crippen molar-refractivity contribution in [1.29, 1.82) is 0 Å². The Morgan fingerprint density at radius 3 is 2.61 bits per heavy atom. The van der Waals surface area contributed by atoms with Gasteiger partial charge in [0.2, 0.25) is 5.91 Å². The van der Waals surface area contributed by atoms with Crippen LogP contribution in [0.15, 0.2) is 0 Å². The van der Waals surface area contributed by atoms with Crippen LogP contribution in [0, 0.1) is 5.41 Å². The Balaban J connectivity index is 1.58. The summed E-state index contributed by atoms with van der Waals surface area (Å²) in [6, 6.07) is 0.745. The van der Waals surface area contributed by atoms with E-state index in [4.69, 9.17) is 0 Å². The van der Waals surface area contributed by atoms with E-state index in [2.05, 4.69) is 29.9 Å². The molecule has 2 fully saturated rings. The first-order valence-electron chi connectivity index (χ1n) is 7.23. The summed E-state index contributed by atoms with van der Waals surface area (Å²) in [5, 5.41) is 3.05. The van der Waals surface area contributed by atoms with Gasteiger partial charge in [0.15, 0.2) is 0 Å². The minimum absolute atomic E-state index is 0.210. The van der Waals surface area contributed by atoms with Crippen LogP contribution in [0.3, 0.4) is 0 Å². The summed E-state index contributed by atoms with van der Waals surface area (Å²) in [5.74, 6) is 1.06. The Kier molecular flexibility index (Phi) is 4.96. The van der Waals surface area contributed by atoms with Gasteiger partial charge < -0.3 is 10.2 Å². The Labute approximate surface area is 116 Å². The average Bonchev–Trinajstić information content (AvgIpc) is 2.92. The Bertz CT molecular complexity index is 286. The van der Waals surface area contributed by atoms with Crippen LogP contribution >= 0.6 is 12.6 Å². The van der Waals surface area contributed by atoms with E-state index in [0.29, 0.717) is 6.42 Å². The quantitative estimate of drug-likeness (QED) is 0.694. The monoisotopic (exact) mass is 270 g/mol. The Hall–Kier alpha value is -0.220. The normalized spacial score (nSPS) is 22.4. The molecule has 2 aliphatic carbocycles. The molecule has 18 heavy (non-hydrogen) atoms. The van der Waals surface area contributed by atoms with Crippen molar-refractivity contribution < 1.29 is 4.79 Å². The van der Waals surface area contributed by atoms with Crippen molar-refractivity contribution in [3.05, 3.63) is 0 Å². The lowest BCUT2D eigenvalue weighted by molar-refractivity contribution is -0.122. The van der Waals surface area contributed by atoms with Crippen LogP contribution < -0.4 is 5.32 Å². The van der Waals surface area contributed by atoms with Gasteiger partial charge >= 0.3 is 0 Å². The molecule has 0 unspecified atom stereocenters. The van der Waals surface area contributed by atoms with Crippen molar-refractivity contribution in [1.82, 2.24) is 10.2 Å². The fraction of sp³-hybridized carbons (Fsp3) is 0.929. The van der Waals surface area contributed by atoms with Gasteiger partial charge in [0, 0.05) is 25.6 Å². The lowest BCUT2D eigenvalue weighted by Gasteiger charge is -2.24. The molecule has 1 N–H and O–H groups in total. The molecule has 2 saturated carbocycles. The topological polar surface area (TPSA) is 32.3 Å². The number of nitrogens with one attached hydrogen (secondary N) is 1. The van der Waals surface area contributed by atoms with E-state index in [9.17, 15) is 4.79 Å². The highest BCUT2D eigenvalue weighted by Gasteiger charge is 2.42. The summed E-state index contributed by atoms with van der Waals surface area (Å²) in [7, 11) is 2.18. The molecule has 0 aromatic heterocycles. The first kappa shape index (κ1) is 14.2. The minimum Gasteiger partial charge on any atom is -0.355 e. The first-order valence-corrected chi connectivity index (χ1v) is 7.86. The maximum absolute atomic E-state index is 11.8. The van der Waals surface area contributed by atoms with Crippen molar-refractivity contribution in [3.8, 4) is 0 Å². The van der Waals surface area contributed by atoms with Gasteiger partial charge in [0.1, 0.15) is 0 Å². The lowest BCUT2D eigenvalue weighted by Crippen LogP contribution is -2.38. The van der Waals surface area contributed by atoms with E-state index in [1.807, 2.05) is 0 Å². The second-order valence-corrected chi connectivity index (χ2v) is 6.42. The number of rotatable bonds is 7. The van der Waals surface area contributed by atoms with Crippen LogP contribution in [-0.4, -0.2) is 42.7 Å². The molecule has 1 amide bonds.